The number of hydrogen-bond donors (Lipinski definition) is 2. The lowest BCUT2D eigenvalue weighted by Crippen LogP contribution is -2.49. The monoisotopic (exact) mass is 397 g/mol. The van der Waals surface area contributed by atoms with Crippen LogP contribution >= 0.6 is 24.2 Å². The largest absolute Gasteiger partial charge is 0.382 e. The molecule has 146 valence electrons. The number of nitrogens with zero attached hydrogens (tertiary/aromatic N) is 1. The normalized spacial score (nSPS) is 29.9. The molecule has 4 nitrogen and oxygen atoms in total. The zero-order chi connectivity index (χ0) is 16.9. The second kappa shape index (κ2) is 10.2. The summed E-state index contributed by atoms with van der Waals surface area (Å²) in [6.07, 6.45) is 3.91. The first-order chi connectivity index (χ1) is 12.4. The van der Waals surface area contributed by atoms with Crippen LogP contribution in [0.5, 0.6) is 0 Å². The van der Waals surface area contributed by atoms with Gasteiger partial charge in [0.15, 0.2) is 0 Å². The number of anilines is 1. The van der Waals surface area contributed by atoms with Crippen LogP contribution < -0.4 is 10.6 Å². The maximum absolute atomic E-state index is 5.70. The Hall–Kier alpha value is -0.460. The van der Waals surface area contributed by atoms with Gasteiger partial charge in [0.25, 0.3) is 0 Å². The van der Waals surface area contributed by atoms with E-state index in [0.29, 0.717) is 18.0 Å². The van der Waals surface area contributed by atoms with Crippen molar-refractivity contribution in [3.63, 3.8) is 0 Å². The molecule has 2 N–H and O–H groups in total. The van der Waals surface area contributed by atoms with Crippen molar-refractivity contribution < 1.29 is 4.74 Å². The zero-order valence-electron chi connectivity index (χ0n) is 15.5. The minimum absolute atomic E-state index is 0. The summed E-state index contributed by atoms with van der Waals surface area (Å²) in [4.78, 5) is 2.58. The van der Waals surface area contributed by atoms with E-state index in [4.69, 9.17) is 4.74 Å². The standard InChI is InChI=1S/C20H31N3OS.ClH/c1-3-16(14-23-8-11-25-12-9-23)13-17(4-1)22-19-6-2-5-18(19)20-15-24-10-7-21-20;/h1,3-4,13,18-22H,2,5-12,14-15H2;1H. The van der Waals surface area contributed by atoms with Crippen LogP contribution in [0.2, 0.25) is 0 Å². The van der Waals surface area contributed by atoms with E-state index in [1.165, 1.54) is 55.1 Å². The highest BCUT2D eigenvalue weighted by molar-refractivity contribution is 7.99. The average Bonchev–Trinajstić information content (AvgIpc) is 3.12. The third-order valence-corrected chi connectivity index (χ3v) is 6.77. The Morgan fingerprint density at radius 3 is 2.92 bits per heavy atom. The molecule has 4 rings (SSSR count). The maximum atomic E-state index is 5.70. The molecule has 0 radical (unpaired) electrons. The van der Waals surface area contributed by atoms with E-state index in [2.05, 4.69) is 51.6 Å². The molecule has 1 saturated carbocycles. The SMILES string of the molecule is Cl.c1cc(CN2CCSCC2)cc(NC2CCCC2C2COCCN2)c1. The zero-order valence-corrected chi connectivity index (χ0v) is 17.1. The van der Waals surface area contributed by atoms with Crippen molar-refractivity contribution in [2.75, 3.05) is 49.7 Å². The van der Waals surface area contributed by atoms with Gasteiger partial charge >= 0.3 is 0 Å². The van der Waals surface area contributed by atoms with Crippen molar-refractivity contribution in [1.29, 1.82) is 0 Å². The smallest absolute Gasteiger partial charge is 0.0623 e. The summed E-state index contributed by atoms with van der Waals surface area (Å²) in [6, 6.07) is 10.2. The highest BCUT2D eigenvalue weighted by Gasteiger charge is 2.34. The molecule has 3 fully saturated rings. The van der Waals surface area contributed by atoms with E-state index < -0.39 is 0 Å². The van der Waals surface area contributed by atoms with E-state index in [9.17, 15) is 0 Å². The van der Waals surface area contributed by atoms with Gasteiger partial charge in [-0.05, 0) is 36.5 Å². The highest BCUT2D eigenvalue weighted by atomic mass is 35.5. The van der Waals surface area contributed by atoms with Crippen molar-refractivity contribution in [2.24, 2.45) is 5.92 Å². The number of ether oxygens (including phenoxy) is 1. The van der Waals surface area contributed by atoms with Crippen molar-refractivity contribution in [1.82, 2.24) is 10.2 Å². The topological polar surface area (TPSA) is 36.5 Å². The third-order valence-electron chi connectivity index (χ3n) is 5.83. The molecule has 3 aliphatic rings. The summed E-state index contributed by atoms with van der Waals surface area (Å²) in [5.74, 6) is 3.24. The molecule has 3 atom stereocenters. The Morgan fingerprint density at radius 1 is 1.23 bits per heavy atom. The molecule has 2 saturated heterocycles. The fraction of sp³-hybridized carbons (Fsp3) is 0.700. The van der Waals surface area contributed by atoms with Crippen LogP contribution in [-0.4, -0.2) is 61.3 Å². The summed E-state index contributed by atoms with van der Waals surface area (Å²) in [5.41, 5.74) is 2.73. The Balaban J connectivity index is 0.00000196. The van der Waals surface area contributed by atoms with E-state index in [0.717, 1.165) is 26.3 Å². The molecule has 2 heterocycles. The quantitative estimate of drug-likeness (QED) is 0.797. The van der Waals surface area contributed by atoms with Crippen LogP contribution in [0.3, 0.4) is 0 Å². The van der Waals surface area contributed by atoms with Gasteiger partial charge in [0.2, 0.25) is 0 Å². The number of thioether (sulfide) groups is 1. The van der Waals surface area contributed by atoms with E-state index in [1.807, 2.05) is 0 Å². The van der Waals surface area contributed by atoms with Gasteiger partial charge in [-0.25, -0.2) is 0 Å². The summed E-state index contributed by atoms with van der Waals surface area (Å²) in [7, 11) is 0. The van der Waals surface area contributed by atoms with Crippen molar-refractivity contribution in [3.05, 3.63) is 29.8 Å². The molecule has 3 unspecified atom stereocenters. The first kappa shape index (κ1) is 20.3. The van der Waals surface area contributed by atoms with Gasteiger partial charge in [-0.1, -0.05) is 18.6 Å². The molecule has 2 aliphatic heterocycles. The fourth-order valence-corrected chi connectivity index (χ4v) is 5.48. The molecule has 0 bridgehead atoms. The highest BCUT2D eigenvalue weighted by Crippen LogP contribution is 2.32. The first-order valence-corrected chi connectivity index (χ1v) is 11.0. The first-order valence-electron chi connectivity index (χ1n) is 9.85. The van der Waals surface area contributed by atoms with Gasteiger partial charge in [0.1, 0.15) is 0 Å². The number of hydrogen-bond acceptors (Lipinski definition) is 5. The second-order valence-corrected chi connectivity index (χ2v) is 8.79. The molecule has 1 aliphatic carbocycles. The van der Waals surface area contributed by atoms with Crippen LogP contribution in [0.25, 0.3) is 0 Å². The van der Waals surface area contributed by atoms with Crippen LogP contribution in [0.1, 0.15) is 24.8 Å². The van der Waals surface area contributed by atoms with Crippen molar-refractivity contribution in [2.45, 2.75) is 37.9 Å². The van der Waals surface area contributed by atoms with Crippen LogP contribution in [0.4, 0.5) is 5.69 Å². The van der Waals surface area contributed by atoms with E-state index in [-0.39, 0.29) is 12.4 Å². The lowest BCUT2D eigenvalue weighted by Gasteiger charge is -2.33. The molecule has 6 heteroatoms. The van der Waals surface area contributed by atoms with Gasteiger partial charge < -0.3 is 15.4 Å². The van der Waals surface area contributed by atoms with Gasteiger partial charge in [-0.15, -0.1) is 12.4 Å². The van der Waals surface area contributed by atoms with E-state index >= 15 is 0 Å². The van der Waals surface area contributed by atoms with Crippen LogP contribution in [0.15, 0.2) is 24.3 Å². The minimum Gasteiger partial charge on any atom is -0.382 e. The Morgan fingerprint density at radius 2 is 2.12 bits per heavy atom. The third kappa shape index (κ3) is 5.29. The number of benzene rings is 1. The van der Waals surface area contributed by atoms with Crippen LogP contribution in [-0.2, 0) is 11.3 Å². The Kier molecular flexibility index (Phi) is 7.94. The summed E-state index contributed by atoms with van der Waals surface area (Å²) in [5, 5.41) is 7.52. The predicted molar refractivity (Wildman–Crippen MR) is 114 cm³/mol. The lowest BCUT2D eigenvalue weighted by molar-refractivity contribution is 0.0559. The Labute approximate surface area is 168 Å². The van der Waals surface area contributed by atoms with Crippen molar-refractivity contribution >= 4 is 29.9 Å². The number of rotatable bonds is 5. The number of nitrogens with one attached hydrogen (secondary N) is 2. The minimum atomic E-state index is 0. The molecule has 0 amide bonds. The van der Waals surface area contributed by atoms with Crippen LogP contribution in [0, 0.1) is 5.92 Å². The number of morpholine rings is 1. The van der Waals surface area contributed by atoms with Gasteiger partial charge in [0.05, 0.1) is 13.2 Å². The van der Waals surface area contributed by atoms with Crippen molar-refractivity contribution in [3.8, 4) is 0 Å². The molecule has 1 aromatic rings. The average molecular weight is 398 g/mol. The van der Waals surface area contributed by atoms with Gasteiger partial charge in [-0.3, -0.25) is 4.90 Å². The summed E-state index contributed by atoms with van der Waals surface area (Å²) < 4.78 is 5.70. The molecule has 1 aromatic carbocycles. The molecule has 26 heavy (non-hydrogen) atoms. The van der Waals surface area contributed by atoms with Gasteiger partial charge in [-0.2, -0.15) is 11.8 Å². The fourth-order valence-electron chi connectivity index (χ4n) is 4.50. The molecule has 0 aromatic heterocycles. The Bertz CT molecular complexity index is 550. The lowest BCUT2D eigenvalue weighted by atomic mass is 9.93. The number of halogens is 1. The molecule has 0 spiro atoms. The maximum Gasteiger partial charge on any atom is 0.0623 e. The predicted octanol–water partition coefficient (Wildman–Crippen LogP) is 3.23. The van der Waals surface area contributed by atoms with E-state index in [1.54, 1.807) is 0 Å². The summed E-state index contributed by atoms with van der Waals surface area (Å²) >= 11 is 2.08. The summed E-state index contributed by atoms with van der Waals surface area (Å²) in [6.45, 7) is 6.26. The second-order valence-electron chi connectivity index (χ2n) is 7.57. The molecular formula is C20H32ClN3OS. The molecular weight excluding hydrogens is 366 g/mol. The van der Waals surface area contributed by atoms with Gasteiger partial charge in [0, 0.05) is 55.5 Å².